The van der Waals surface area contributed by atoms with Crippen molar-refractivity contribution in [2.75, 3.05) is 0 Å². The number of allylic oxidation sites excluding steroid dienone is 3. The SMILES string of the molecule is C1=Cc2c(n(-c3ccccc3)c3ccc4c5ccccc5n(C5=CC(c6ccc7ccccc7c6)NC(c6ccc7ccccc7c6)=C5)c4c23)CC1. The molecule has 0 bridgehead atoms. The second kappa shape index (κ2) is 11.5. The van der Waals surface area contributed by atoms with Crippen LogP contribution in [0.25, 0.3) is 77.4 Å². The number of fused-ring (bicyclic) bond motifs is 9. The lowest BCUT2D eigenvalue weighted by atomic mass is 9.96. The molecular weight excluding hydrogens is 631 g/mol. The number of aromatic nitrogens is 2. The Bertz CT molecular complexity index is 2990. The van der Waals surface area contributed by atoms with Crippen LogP contribution in [-0.4, -0.2) is 9.13 Å². The van der Waals surface area contributed by atoms with Crippen molar-refractivity contribution in [2.24, 2.45) is 0 Å². The summed E-state index contributed by atoms with van der Waals surface area (Å²) in [4.78, 5) is 0. The monoisotopic (exact) mass is 665 g/mol. The summed E-state index contributed by atoms with van der Waals surface area (Å²) >= 11 is 0. The van der Waals surface area contributed by atoms with Gasteiger partial charge in [0.15, 0.2) is 0 Å². The molecule has 246 valence electrons. The molecule has 1 aliphatic heterocycles. The fraction of sp³-hybridized carbons (Fsp3) is 0.0612. The fourth-order valence-corrected chi connectivity index (χ4v) is 8.76. The van der Waals surface area contributed by atoms with E-state index in [1.807, 2.05) is 0 Å². The largest absolute Gasteiger partial charge is 0.374 e. The Balaban J connectivity index is 1.22. The van der Waals surface area contributed by atoms with Crippen molar-refractivity contribution in [2.45, 2.75) is 18.9 Å². The van der Waals surface area contributed by atoms with E-state index >= 15 is 0 Å². The molecule has 0 fully saturated rings. The topological polar surface area (TPSA) is 21.9 Å². The Morgan fingerprint density at radius 2 is 1.31 bits per heavy atom. The van der Waals surface area contributed by atoms with Crippen LogP contribution < -0.4 is 5.32 Å². The predicted octanol–water partition coefficient (Wildman–Crippen LogP) is 12.2. The van der Waals surface area contributed by atoms with Gasteiger partial charge in [-0.05, 0) is 94.1 Å². The molecule has 1 aliphatic carbocycles. The van der Waals surface area contributed by atoms with E-state index in [-0.39, 0.29) is 6.04 Å². The Hall–Kier alpha value is -6.58. The van der Waals surface area contributed by atoms with Gasteiger partial charge < -0.3 is 14.5 Å². The maximum atomic E-state index is 3.97. The molecule has 0 spiro atoms. The molecule has 7 aromatic carbocycles. The number of benzene rings is 7. The van der Waals surface area contributed by atoms with Crippen molar-refractivity contribution in [3.8, 4) is 5.69 Å². The summed E-state index contributed by atoms with van der Waals surface area (Å²) in [5.74, 6) is 0. The third-order valence-electron chi connectivity index (χ3n) is 11.1. The van der Waals surface area contributed by atoms with E-state index in [2.05, 4.69) is 190 Å². The van der Waals surface area contributed by atoms with Crippen molar-refractivity contribution in [1.82, 2.24) is 14.5 Å². The highest BCUT2D eigenvalue weighted by Crippen LogP contribution is 2.44. The molecule has 3 nitrogen and oxygen atoms in total. The van der Waals surface area contributed by atoms with Gasteiger partial charge in [0.2, 0.25) is 0 Å². The molecule has 9 aromatic rings. The summed E-state index contributed by atoms with van der Waals surface area (Å²) in [5, 5.41) is 12.8. The predicted molar refractivity (Wildman–Crippen MR) is 220 cm³/mol. The van der Waals surface area contributed by atoms with Crippen molar-refractivity contribution in [3.63, 3.8) is 0 Å². The maximum absolute atomic E-state index is 3.97. The summed E-state index contributed by atoms with van der Waals surface area (Å²) in [5.41, 5.74) is 12.3. The smallest absolute Gasteiger partial charge is 0.0721 e. The van der Waals surface area contributed by atoms with E-state index in [0.29, 0.717) is 0 Å². The lowest BCUT2D eigenvalue weighted by Gasteiger charge is -2.27. The molecule has 3 heterocycles. The van der Waals surface area contributed by atoms with Gasteiger partial charge in [0.1, 0.15) is 0 Å². The van der Waals surface area contributed by atoms with Crippen LogP contribution in [0.1, 0.15) is 34.8 Å². The first-order valence-electron chi connectivity index (χ1n) is 18.3. The number of hydrogen-bond donors (Lipinski definition) is 1. The number of para-hydroxylation sites is 2. The third-order valence-corrected chi connectivity index (χ3v) is 11.1. The van der Waals surface area contributed by atoms with E-state index in [1.54, 1.807) is 0 Å². The summed E-state index contributed by atoms with van der Waals surface area (Å²) in [6.07, 6.45) is 11.6. The Kier molecular flexibility index (Phi) is 6.44. The molecule has 2 aromatic heterocycles. The summed E-state index contributed by atoms with van der Waals surface area (Å²) < 4.78 is 5.04. The quantitative estimate of drug-likeness (QED) is 0.199. The molecule has 1 atom stereocenters. The zero-order valence-electron chi connectivity index (χ0n) is 28.6. The van der Waals surface area contributed by atoms with Crippen LogP contribution >= 0.6 is 0 Å². The first-order chi connectivity index (χ1) is 25.8. The first kappa shape index (κ1) is 29.2. The highest BCUT2D eigenvalue weighted by molar-refractivity contribution is 6.21. The molecule has 11 rings (SSSR count). The average Bonchev–Trinajstić information content (AvgIpc) is 3.74. The number of dihydropyridines is 1. The molecule has 0 saturated carbocycles. The maximum Gasteiger partial charge on any atom is 0.0721 e. The minimum absolute atomic E-state index is 0.0378. The van der Waals surface area contributed by atoms with Crippen molar-refractivity contribution in [1.29, 1.82) is 0 Å². The van der Waals surface area contributed by atoms with E-state index in [0.717, 1.165) is 18.5 Å². The van der Waals surface area contributed by atoms with Crippen LogP contribution in [0, 0.1) is 0 Å². The third kappa shape index (κ3) is 4.46. The van der Waals surface area contributed by atoms with E-state index in [9.17, 15) is 0 Å². The van der Waals surface area contributed by atoms with Crippen LogP contribution in [0.3, 0.4) is 0 Å². The average molecular weight is 666 g/mol. The minimum atomic E-state index is -0.0378. The Labute approximate surface area is 302 Å². The second-order valence-corrected chi connectivity index (χ2v) is 14.1. The van der Waals surface area contributed by atoms with E-state index in [1.165, 1.54) is 88.0 Å². The highest BCUT2D eigenvalue weighted by atomic mass is 15.0. The van der Waals surface area contributed by atoms with Gasteiger partial charge in [-0.3, -0.25) is 0 Å². The first-order valence-corrected chi connectivity index (χ1v) is 18.3. The molecule has 2 aliphatic rings. The number of nitrogens with one attached hydrogen (secondary N) is 1. The van der Waals surface area contributed by atoms with Gasteiger partial charge in [-0.15, -0.1) is 0 Å². The van der Waals surface area contributed by atoms with E-state index in [4.69, 9.17) is 0 Å². The summed E-state index contributed by atoms with van der Waals surface area (Å²) in [7, 11) is 0. The van der Waals surface area contributed by atoms with Crippen LogP contribution in [-0.2, 0) is 6.42 Å². The Morgan fingerprint density at radius 1 is 0.577 bits per heavy atom. The standard InChI is InChI=1S/C49H35N3/c1-2-16-38(17-3-1)51-46-21-11-9-19-42(46)48-47(51)27-26-41-40-18-8-10-20-45(40)52(49(41)48)39-30-43(36-24-22-32-12-4-6-14-34(32)28-36)50-44(31-39)37-25-23-33-13-5-7-15-35(33)29-37/h1-10,12-20,22-31,43,50H,11,21H2. The van der Waals surface area contributed by atoms with Gasteiger partial charge in [0.05, 0.1) is 22.6 Å². The van der Waals surface area contributed by atoms with Gasteiger partial charge >= 0.3 is 0 Å². The molecular formula is C49H35N3. The lowest BCUT2D eigenvalue weighted by Crippen LogP contribution is -2.22. The lowest BCUT2D eigenvalue weighted by molar-refractivity contribution is 0.763. The van der Waals surface area contributed by atoms with Crippen LogP contribution in [0.4, 0.5) is 0 Å². The molecule has 1 N–H and O–H groups in total. The molecule has 3 heteroatoms. The second-order valence-electron chi connectivity index (χ2n) is 14.1. The number of rotatable bonds is 4. The number of nitrogens with zero attached hydrogens (tertiary/aromatic N) is 2. The zero-order chi connectivity index (χ0) is 34.2. The van der Waals surface area contributed by atoms with Crippen molar-refractivity contribution >= 4 is 71.7 Å². The van der Waals surface area contributed by atoms with Gasteiger partial charge in [-0.2, -0.15) is 0 Å². The van der Waals surface area contributed by atoms with Crippen LogP contribution in [0.15, 0.2) is 170 Å². The fourth-order valence-electron chi connectivity index (χ4n) is 8.76. The van der Waals surface area contributed by atoms with Crippen LogP contribution in [0.5, 0.6) is 0 Å². The summed E-state index contributed by atoms with van der Waals surface area (Å²) in [6.45, 7) is 0. The molecule has 0 amide bonds. The van der Waals surface area contributed by atoms with Gasteiger partial charge in [-0.1, -0.05) is 127 Å². The zero-order valence-corrected chi connectivity index (χ0v) is 28.6. The van der Waals surface area contributed by atoms with Crippen molar-refractivity contribution in [3.05, 3.63) is 192 Å². The Morgan fingerprint density at radius 3 is 2.15 bits per heavy atom. The minimum Gasteiger partial charge on any atom is -0.374 e. The normalized spacial score (nSPS) is 15.7. The molecule has 0 radical (unpaired) electrons. The van der Waals surface area contributed by atoms with E-state index < -0.39 is 0 Å². The molecule has 0 saturated heterocycles. The number of hydrogen-bond acceptors (Lipinski definition) is 1. The van der Waals surface area contributed by atoms with Crippen LogP contribution in [0.2, 0.25) is 0 Å². The molecule has 52 heavy (non-hydrogen) atoms. The summed E-state index contributed by atoms with van der Waals surface area (Å²) in [6, 6.07) is 55.4. The van der Waals surface area contributed by atoms with Gasteiger partial charge in [0, 0.05) is 44.5 Å². The van der Waals surface area contributed by atoms with Crippen molar-refractivity contribution < 1.29 is 0 Å². The highest BCUT2D eigenvalue weighted by Gasteiger charge is 2.26. The van der Waals surface area contributed by atoms with Gasteiger partial charge in [0.25, 0.3) is 0 Å². The molecule has 1 unspecified atom stereocenters. The van der Waals surface area contributed by atoms with Gasteiger partial charge in [-0.25, -0.2) is 0 Å².